The molecule has 0 N–H and O–H groups in total. The van der Waals surface area contributed by atoms with Gasteiger partial charge in [0, 0.05) is 19.7 Å². The molecule has 0 aromatic carbocycles. The van der Waals surface area contributed by atoms with E-state index in [9.17, 15) is 0 Å². The molecule has 0 aliphatic carbocycles. The molecule has 0 aliphatic heterocycles. The van der Waals surface area contributed by atoms with Crippen molar-refractivity contribution in [3.05, 3.63) is 15.9 Å². The molecule has 1 aromatic heterocycles. The van der Waals surface area contributed by atoms with Gasteiger partial charge in [-0.05, 0) is 12.8 Å². The first kappa shape index (κ1) is 14.2. The van der Waals surface area contributed by atoms with Gasteiger partial charge in [0.15, 0.2) is 0 Å². The molecule has 4 nitrogen and oxygen atoms in total. The Kier molecular flexibility index (Phi) is 5.65. The largest absolute Gasteiger partial charge is 0.369 e. The van der Waals surface area contributed by atoms with E-state index in [1.807, 2.05) is 14.1 Å². The smallest absolute Gasteiger partial charge is 0.253 e. The Morgan fingerprint density at radius 1 is 1.24 bits per heavy atom. The molecular formula is C11H16Cl2N4. The number of nitrogens with zero attached hydrogens (tertiary/aromatic N) is 4. The third-order valence-electron chi connectivity index (χ3n) is 2.08. The molecule has 0 saturated carbocycles. The van der Waals surface area contributed by atoms with Crippen LogP contribution in [0.15, 0.2) is 4.99 Å². The van der Waals surface area contributed by atoms with E-state index in [4.69, 9.17) is 23.2 Å². The molecule has 0 fully saturated rings. The molecular weight excluding hydrogens is 259 g/mol. The molecule has 1 aromatic rings. The fraction of sp³-hybridized carbons (Fsp3) is 0.545. The summed E-state index contributed by atoms with van der Waals surface area (Å²) in [7, 11) is 3.73. The van der Waals surface area contributed by atoms with Crippen LogP contribution in [0.4, 0.5) is 5.95 Å². The summed E-state index contributed by atoms with van der Waals surface area (Å²) in [4.78, 5) is 14.1. The highest BCUT2D eigenvalue weighted by molar-refractivity contribution is 6.34. The van der Waals surface area contributed by atoms with Crippen LogP contribution in [0.2, 0.25) is 10.3 Å². The normalized spacial score (nSPS) is 11.1. The van der Waals surface area contributed by atoms with E-state index in [1.165, 1.54) is 0 Å². The second kappa shape index (κ2) is 6.77. The first-order chi connectivity index (χ1) is 8.04. The quantitative estimate of drug-likeness (QED) is 0.470. The minimum Gasteiger partial charge on any atom is -0.369 e. The maximum atomic E-state index is 6.06. The third kappa shape index (κ3) is 4.48. The number of hydrogen-bond donors (Lipinski definition) is 0. The van der Waals surface area contributed by atoms with Crippen LogP contribution in [0.25, 0.3) is 0 Å². The van der Waals surface area contributed by atoms with Gasteiger partial charge in [-0.3, -0.25) is 0 Å². The van der Waals surface area contributed by atoms with Crippen LogP contribution < -0.4 is 0 Å². The lowest BCUT2D eigenvalue weighted by Crippen LogP contribution is -2.07. The van der Waals surface area contributed by atoms with Crippen molar-refractivity contribution in [2.75, 3.05) is 14.1 Å². The zero-order chi connectivity index (χ0) is 12.8. The van der Waals surface area contributed by atoms with Gasteiger partial charge in [0.05, 0.1) is 6.34 Å². The minimum absolute atomic E-state index is 0.286. The summed E-state index contributed by atoms with van der Waals surface area (Å²) >= 11 is 12.1. The third-order valence-corrected chi connectivity index (χ3v) is 2.70. The highest BCUT2D eigenvalue weighted by atomic mass is 35.5. The lowest BCUT2D eigenvalue weighted by Gasteiger charge is -2.06. The summed E-state index contributed by atoms with van der Waals surface area (Å²) in [6, 6.07) is 0. The molecule has 94 valence electrons. The second-order valence-corrected chi connectivity index (χ2v) is 4.61. The van der Waals surface area contributed by atoms with Gasteiger partial charge in [0.25, 0.3) is 5.95 Å². The fourth-order valence-electron chi connectivity index (χ4n) is 1.21. The molecule has 0 aliphatic rings. The predicted octanol–water partition coefficient (Wildman–Crippen LogP) is 3.35. The van der Waals surface area contributed by atoms with Gasteiger partial charge >= 0.3 is 0 Å². The molecule has 0 unspecified atom stereocenters. The van der Waals surface area contributed by atoms with E-state index in [2.05, 4.69) is 21.9 Å². The Hall–Kier alpha value is -0.870. The summed E-state index contributed by atoms with van der Waals surface area (Å²) in [5.41, 5.74) is 0.805. The molecule has 0 saturated heterocycles. The molecule has 0 bridgehead atoms. The lowest BCUT2D eigenvalue weighted by atomic mass is 10.1. The molecule has 1 rings (SSSR count). The van der Waals surface area contributed by atoms with Gasteiger partial charge < -0.3 is 4.90 Å². The number of aromatic nitrogens is 2. The van der Waals surface area contributed by atoms with Gasteiger partial charge in [-0.1, -0.05) is 36.5 Å². The van der Waals surface area contributed by atoms with E-state index in [0.29, 0.717) is 10.3 Å². The first-order valence-corrected chi connectivity index (χ1v) is 6.22. The van der Waals surface area contributed by atoms with Crippen molar-refractivity contribution in [3.8, 4) is 0 Å². The molecule has 6 heteroatoms. The van der Waals surface area contributed by atoms with Crippen LogP contribution in [0.3, 0.4) is 0 Å². The van der Waals surface area contributed by atoms with E-state index in [1.54, 1.807) is 11.2 Å². The SMILES string of the molecule is CCCCc1c(Cl)nc(/N=C/N(C)C)nc1Cl. The van der Waals surface area contributed by atoms with Crippen LogP contribution in [-0.4, -0.2) is 35.3 Å². The Labute approximate surface area is 112 Å². The average Bonchev–Trinajstić information content (AvgIpc) is 2.25. The van der Waals surface area contributed by atoms with Crippen molar-refractivity contribution in [1.29, 1.82) is 0 Å². The molecule has 0 spiro atoms. The Bertz CT molecular complexity index is 381. The topological polar surface area (TPSA) is 41.4 Å². The lowest BCUT2D eigenvalue weighted by molar-refractivity contribution is 0.642. The Balaban J connectivity index is 2.92. The molecule has 1 heterocycles. The summed E-state index contributed by atoms with van der Waals surface area (Å²) in [6.45, 7) is 2.11. The van der Waals surface area contributed by atoms with Gasteiger partial charge in [0.1, 0.15) is 10.3 Å². The van der Waals surface area contributed by atoms with Crippen molar-refractivity contribution >= 4 is 35.5 Å². The summed E-state index contributed by atoms with van der Waals surface area (Å²) in [5.74, 6) is 0.286. The van der Waals surface area contributed by atoms with Gasteiger partial charge in [0.2, 0.25) is 0 Å². The van der Waals surface area contributed by atoms with Crippen molar-refractivity contribution in [3.63, 3.8) is 0 Å². The number of aliphatic imine (C=N–C) groups is 1. The zero-order valence-corrected chi connectivity index (χ0v) is 11.8. The van der Waals surface area contributed by atoms with Crippen molar-refractivity contribution in [2.24, 2.45) is 4.99 Å². The van der Waals surface area contributed by atoms with E-state index in [0.717, 1.165) is 24.8 Å². The van der Waals surface area contributed by atoms with Crippen molar-refractivity contribution < 1.29 is 0 Å². The Morgan fingerprint density at radius 3 is 2.29 bits per heavy atom. The van der Waals surface area contributed by atoms with E-state index in [-0.39, 0.29) is 5.95 Å². The van der Waals surface area contributed by atoms with Crippen LogP contribution in [-0.2, 0) is 6.42 Å². The summed E-state index contributed by atoms with van der Waals surface area (Å²) < 4.78 is 0. The number of halogens is 2. The van der Waals surface area contributed by atoms with Crippen molar-refractivity contribution in [2.45, 2.75) is 26.2 Å². The van der Waals surface area contributed by atoms with E-state index >= 15 is 0 Å². The molecule has 0 atom stereocenters. The molecule has 0 amide bonds. The van der Waals surface area contributed by atoms with Gasteiger partial charge in [-0.25, -0.2) is 4.99 Å². The highest BCUT2D eigenvalue weighted by Gasteiger charge is 2.10. The first-order valence-electron chi connectivity index (χ1n) is 5.47. The van der Waals surface area contributed by atoms with Crippen LogP contribution in [0.1, 0.15) is 25.3 Å². The molecule has 0 radical (unpaired) electrons. The molecule has 17 heavy (non-hydrogen) atoms. The van der Waals surface area contributed by atoms with Crippen molar-refractivity contribution in [1.82, 2.24) is 14.9 Å². The summed E-state index contributed by atoms with van der Waals surface area (Å²) in [6.07, 6.45) is 4.50. The minimum atomic E-state index is 0.286. The highest BCUT2D eigenvalue weighted by Crippen LogP contribution is 2.25. The van der Waals surface area contributed by atoms with Crippen LogP contribution >= 0.6 is 23.2 Å². The zero-order valence-electron chi connectivity index (χ0n) is 10.2. The van der Waals surface area contributed by atoms with Gasteiger partial charge in [-0.15, -0.1) is 0 Å². The number of rotatable bonds is 5. The average molecular weight is 275 g/mol. The fourth-order valence-corrected chi connectivity index (χ4v) is 1.77. The van der Waals surface area contributed by atoms with E-state index < -0.39 is 0 Å². The Morgan fingerprint density at radius 2 is 1.82 bits per heavy atom. The van der Waals surface area contributed by atoms with Crippen LogP contribution in [0, 0.1) is 0 Å². The number of hydrogen-bond acceptors (Lipinski definition) is 3. The maximum absolute atomic E-state index is 6.06. The van der Waals surface area contributed by atoms with Crippen LogP contribution in [0.5, 0.6) is 0 Å². The van der Waals surface area contributed by atoms with Gasteiger partial charge in [-0.2, -0.15) is 9.97 Å². The standard InChI is InChI=1S/C11H16Cl2N4/c1-4-5-6-8-9(12)15-11(16-10(8)13)14-7-17(2)3/h7H,4-6H2,1-3H3/b14-7+. The maximum Gasteiger partial charge on any atom is 0.253 e. The predicted molar refractivity (Wildman–Crippen MR) is 72.5 cm³/mol. The monoisotopic (exact) mass is 274 g/mol. The second-order valence-electron chi connectivity index (χ2n) is 3.90. The summed E-state index contributed by atoms with van der Waals surface area (Å²) in [5, 5.41) is 0.786. The number of unbranched alkanes of at least 4 members (excludes halogenated alkanes) is 1.